The molecule has 90 valence electrons. The molecule has 1 atom stereocenters. The number of ether oxygens (including phenoxy) is 1. The maximum atomic E-state index is 11.2. The van der Waals surface area contributed by atoms with Crippen molar-refractivity contribution in [2.45, 2.75) is 51.5 Å². The Bertz CT molecular complexity index is 163. The fourth-order valence-electron chi connectivity index (χ4n) is 1.26. The maximum Gasteiger partial charge on any atom is 0.307 e. The lowest BCUT2D eigenvalue weighted by atomic mass is 10.1. The van der Waals surface area contributed by atoms with Gasteiger partial charge >= 0.3 is 5.97 Å². The summed E-state index contributed by atoms with van der Waals surface area (Å²) in [5.41, 5.74) is 11.1. The minimum atomic E-state index is -0.177. The summed E-state index contributed by atoms with van der Waals surface area (Å²) in [5, 5.41) is 0. The van der Waals surface area contributed by atoms with Crippen LogP contribution in [0, 0.1) is 0 Å². The minimum Gasteiger partial charge on any atom is -0.466 e. The molecule has 0 saturated carbocycles. The van der Waals surface area contributed by atoms with Crippen LogP contribution >= 0.6 is 0 Å². The molecule has 15 heavy (non-hydrogen) atoms. The fraction of sp³-hybridized carbons (Fsp3) is 0.909. The number of carbonyl (C=O) groups is 1. The van der Waals surface area contributed by atoms with Gasteiger partial charge in [-0.25, -0.2) is 0 Å². The Hall–Kier alpha value is -0.610. The molecule has 0 unspecified atom stereocenters. The summed E-state index contributed by atoms with van der Waals surface area (Å²) < 4.78 is 5.02. The van der Waals surface area contributed by atoms with Crippen LogP contribution in [-0.2, 0) is 9.53 Å². The first-order chi connectivity index (χ1) is 7.20. The first kappa shape index (κ1) is 14.4. The minimum absolute atomic E-state index is 0.0781. The summed E-state index contributed by atoms with van der Waals surface area (Å²) in [6.07, 6.45) is 5.09. The highest BCUT2D eigenvalue weighted by atomic mass is 16.5. The van der Waals surface area contributed by atoms with E-state index in [1.165, 1.54) is 0 Å². The molecule has 0 amide bonds. The van der Waals surface area contributed by atoms with Crippen molar-refractivity contribution in [2.75, 3.05) is 13.2 Å². The average Bonchev–Trinajstić information content (AvgIpc) is 2.18. The predicted molar refractivity (Wildman–Crippen MR) is 61.4 cm³/mol. The molecule has 0 heterocycles. The van der Waals surface area contributed by atoms with Crippen molar-refractivity contribution < 1.29 is 9.53 Å². The summed E-state index contributed by atoms with van der Waals surface area (Å²) >= 11 is 0. The third-order valence-corrected chi connectivity index (χ3v) is 2.22. The molecule has 0 aromatic carbocycles. The van der Waals surface area contributed by atoms with Gasteiger partial charge in [0.15, 0.2) is 0 Å². The molecule has 0 radical (unpaired) electrons. The standard InChI is InChI=1S/C11H24N2O2/c1-2-3-8-15-11(14)9-10(13)6-4-5-7-12/h10H,2-9,12-13H2,1H3/t10-/m0/s1. The number of nitrogens with two attached hydrogens (primary N) is 2. The van der Waals surface area contributed by atoms with E-state index in [0.29, 0.717) is 19.6 Å². The second-order valence-electron chi connectivity index (χ2n) is 3.82. The first-order valence-corrected chi connectivity index (χ1v) is 5.82. The quantitative estimate of drug-likeness (QED) is 0.448. The van der Waals surface area contributed by atoms with Crippen molar-refractivity contribution >= 4 is 5.97 Å². The van der Waals surface area contributed by atoms with E-state index in [9.17, 15) is 4.79 Å². The highest BCUT2D eigenvalue weighted by Crippen LogP contribution is 2.03. The Labute approximate surface area is 92.3 Å². The largest absolute Gasteiger partial charge is 0.466 e. The third-order valence-electron chi connectivity index (χ3n) is 2.22. The molecular formula is C11H24N2O2. The van der Waals surface area contributed by atoms with Gasteiger partial charge in [-0.2, -0.15) is 0 Å². The smallest absolute Gasteiger partial charge is 0.307 e. The van der Waals surface area contributed by atoms with Gasteiger partial charge in [0.25, 0.3) is 0 Å². The zero-order valence-electron chi connectivity index (χ0n) is 9.71. The van der Waals surface area contributed by atoms with Gasteiger partial charge in [-0.3, -0.25) is 4.79 Å². The van der Waals surface area contributed by atoms with Crippen LogP contribution in [0.3, 0.4) is 0 Å². The van der Waals surface area contributed by atoms with E-state index in [-0.39, 0.29) is 12.0 Å². The summed E-state index contributed by atoms with van der Waals surface area (Å²) in [6, 6.07) is -0.0781. The van der Waals surface area contributed by atoms with Gasteiger partial charge in [0.1, 0.15) is 0 Å². The lowest BCUT2D eigenvalue weighted by Crippen LogP contribution is -2.25. The topological polar surface area (TPSA) is 78.3 Å². The normalized spacial score (nSPS) is 12.5. The van der Waals surface area contributed by atoms with Crippen LogP contribution in [0.5, 0.6) is 0 Å². The molecule has 0 aliphatic heterocycles. The molecule has 0 aliphatic rings. The van der Waals surface area contributed by atoms with Crippen LogP contribution < -0.4 is 11.5 Å². The molecule has 0 bridgehead atoms. The van der Waals surface area contributed by atoms with Crippen LogP contribution in [0.25, 0.3) is 0 Å². The van der Waals surface area contributed by atoms with Gasteiger partial charge in [-0.1, -0.05) is 19.8 Å². The fourth-order valence-corrected chi connectivity index (χ4v) is 1.26. The number of esters is 1. The Kier molecular flexibility index (Phi) is 9.52. The van der Waals surface area contributed by atoms with Crippen molar-refractivity contribution in [3.8, 4) is 0 Å². The number of hydrogen-bond acceptors (Lipinski definition) is 4. The average molecular weight is 216 g/mol. The maximum absolute atomic E-state index is 11.2. The van der Waals surface area contributed by atoms with E-state index in [4.69, 9.17) is 16.2 Å². The lowest BCUT2D eigenvalue weighted by molar-refractivity contribution is -0.144. The van der Waals surface area contributed by atoms with Crippen molar-refractivity contribution in [3.05, 3.63) is 0 Å². The molecule has 4 heteroatoms. The van der Waals surface area contributed by atoms with Gasteiger partial charge in [0, 0.05) is 6.04 Å². The van der Waals surface area contributed by atoms with Crippen molar-refractivity contribution in [1.82, 2.24) is 0 Å². The highest BCUT2D eigenvalue weighted by Gasteiger charge is 2.09. The Morgan fingerprint density at radius 2 is 2.07 bits per heavy atom. The summed E-state index contributed by atoms with van der Waals surface area (Å²) in [7, 11) is 0. The van der Waals surface area contributed by atoms with E-state index in [1.807, 2.05) is 0 Å². The Morgan fingerprint density at radius 1 is 1.33 bits per heavy atom. The second kappa shape index (κ2) is 9.93. The second-order valence-corrected chi connectivity index (χ2v) is 3.82. The van der Waals surface area contributed by atoms with Gasteiger partial charge in [0.05, 0.1) is 13.0 Å². The summed E-state index contributed by atoms with van der Waals surface area (Å²) in [5.74, 6) is -0.177. The molecular weight excluding hydrogens is 192 g/mol. The molecule has 0 saturated heterocycles. The molecule has 4 N–H and O–H groups in total. The zero-order chi connectivity index (χ0) is 11.5. The van der Waals surface area contributed by atoms with E-state index < -0.39 is 0 Å². The van der Waals surface area contributed by atoms with Crippen LogP contribution in [-0.4, -0.2) is 25.2 Å². The summed E-state index contributed by atoms with van der Waals surface area (Å²) in [4.78, 5) is 11.2. The number of unbranched alkanes of at least 4 members (excludes halogenated alkanes) is 2. The van der Waals surface area contributed by atoms with Gasteiger partial charge in [0.2, 0.25) is 0 Å². The molecule has 0 spiro atoms. The SMILES string of the molecule is CCCCOC(=O)C[C@@H](N)CCCCN. The van der Waals surface area contributed by atoms with Crippen molar-refractivity contribution in [3.63, 3.8) is 0 Å². The number of hydrogen-bond donors (Lipinski definition) is 2. The molecule has 0 rings (SSSR count). The summed E-state index contributed by atoms with van der Waals surface area (Å²) in [6.45, 7) is 3.27. The Balaban J connectivity index is 3.40. The van der Waals surface area contributed by atoms with Gasteiger partial charge < -0.3 is 16.2 Å². The van der Waals surface area contributed by atoms with Crippen molar-refractivity contribution in [1.29, 1.82) is 0 Å². The van der Waals surface area contributed by atoms with Crippen LogP contribution in [0.4, 0.5) is 0 Å². The molecule has 4 nitrogen and oxygen atoms in total. The van der Waals surface area contributed by atoms with Crippen LogP contribution in [0.15, 0.2) is 0 Å². The third kappa shape index (κ3) is 9.69. The van der Waals surface area contributed by atoms with Gasteiger partial charge in [-0.15, -0.1) is 0 Å². The molecule has 0 aliphatic carbocycles. The number of rotatable bonds is 9. The van der Waals surface area contributed by atoms with E-state index >= 15 is 0 Å². The van der Waals surface area contributed by atoms with E-state index in [2.05, 4.69) is 6.92 Å². The van der Waals surface area contributed by atoms with E-state index in [0.717, 1.165) is 32.1 Å². The highest BCUT2D eigenvalue weighted by molar-refractivity contribution is 5.70. The molecule has 0 aromatic heterocycles. The van der Waals surface area contributed by atoms with Crippen molar-refractivity contribution in [2.24, 2.45) is 11.5 Å². The predicted octanol–water partition coefficient (Wildman–Crippen LogP) is 1.18. The van der Waals surface area contributed by atoms with Crippen LogP contribution in [0.2, 0.25) is 0 Å². The van der Waals surface area contributed by atoms with E-state index in [1.54, 1.807) is 0 Å². The monoisotopic (exact) mass is 216 g/mol. The Morgan fingerprint density at radius 3 is 2.67 bits per heavy atom. The molecule has 0 aromatic rings. The van der Waals surface area contributed by atoms with Gasteiger partial charge in [-0.05, 0) is 25.8 Å². The number of carbonyl (C=O) groups excluding carboxylic acids is 1. The lowest BCUT2D eigenvalue weighted by Gasteiger charge is -2.10. The molecule has 0 fully saturated rings. The zero-order valence-corrected chi connectivity index (χ0v) is 9.71. The van der Waals surface area contributed by atoms with Crippen LogP contribution in [0.1, 0.15) is 45.4 Å². The first-order valence-electron chi connectivity index (χ1n) is 5.82.